The van der Waals surface area contributed by atoms with E-state index in [2.05, 4.69) is 0 Å². The van der Waals surface area contributed by atoms with Gasteiger partial charge in [-0.25, -0.2) is 0 Å². The summed E-state index contributed by atoms with van der Waals surface area (Å²) in [7, 11) is 0. The molecule has 0 atom stereocenters. The molecule has 2 N–H and O–H groups in total. The molecule has 96 valence electrons. The summed E-state index contributed by atoms with van der Waals surface area (Å²) in [6.45, 7) is 10.1. The fourth-order valence-electron chi connectivity index (χ4n) is 1.67. The maximum atomic E-state index is 11.2. The highest BCUT2D eigenvalue weighted by Gasteiger charge is 2.37. The van der Waals surface area contributed by atoms with E-state index in [9.17, 15) is 9.90 Å². The van der Waals surface area contributed by atoms with Crippen LogP contribution in [-0.4, -0.2) is 45.3 Å². The van der Waals surface area contributed by atoms with Crippen molar-refractivity contribution in [2.45, 2.75) is 58.6 Å². The van der Waals surface area contributed by atoms with Crippen molar-refractivity contribution >= 4 is 5.97 Å². The van der Waals surface area contributed by atoms with Crippen LogP contribution in [-0.2, 0) is 4.79 Å². The topological polar surface area (TPSA) is 60.8 Å². The third kappa shape index (κ3) is 3.46. The lowest BCUT2D eigenvalue weighted by atomic mass is 9.93. The summed E-state index contributed by atoms with van der Waals surface area (Å²) >= 11 is 0. The standard InChI is InChI=1S/C12H25NO3/c1-6-12(16,7-2)9-13(8-3)11(4,5)10(14)15/h16H,6-9H2,1-5H3,(H,14,15). The van der Waals surface area contributed by atoms with Crippen LogP contribution in [0.1, 0.15) is 47.5 Å². The van der Waals surface area contributed by atoms with Crippen molar-refractivity contribution < 1.29 is 15.0 Å². The Morgan fingerprint density at radius 1 is 1.19 bits per heavy atom. The molecule has 0 bridgehead atoms. The first kappa shape index (κ1) is 15.4. The van der Waals surface area contributed by atoms with Gasteiger partial charge in [0.05, 0.1) is 5.60 Å². The molecule has 4 nitrogen and oxygen atoms in total. The third-order valence-corrected chi connectivity index (χ3v) is 3.50. The molecule has 16 heavy (non-hydrogen) atoms. The summed E-state index contributed by atoms with van der Waals surface area (Å²) in [5, 5.41) is 19.4. The first-order chi connectivity index (χ1) is 7.23. The van der Waals surface area contributed by atoms with Gasteiger partial charge in [-0.2, -0.15) is 0 Å². The summed E-state index contributed by atoms with van der Waals surface area (Å²) in [5.41, 5.74) is -1.73. The Labute approximate surface area is 98.3 Å². The van der Waals surface area contributed by atoms with Crippen LogP contribution in [0.3, 0.4) is 0 Å². The van der Waals surface area contributed by atoms with Crippen LogP contribution in [0.2, 0.25) is 0 Å². The van der Waals surface area contributed by atoms with Crippen LogP contribution in [0.25, 0.3) is 0 Å². The van der Waals surface area contributed by atoms with Crippen LogP contribution in [0, 0.1) is 0 Å². The van der Waals surface area contributed by atoms with E-state index in [1.807, 2.05) is 25.7 Å². The smallest absolute Gasteiger partial charge is 0.323 e. The van der Waals surface area contributed by atoms with Crippen molar-refractivity contribution in [2.24, 2.45) is 0 Å². The van der Waals surface area contributed by atoms with Crippen molar-refractivity contribution in [1.29, 1.82) is 0 Å². The minimum Gasteiger partial charge on any atom is -0.480 e. The van der Waals surface area contributed by atoms with Gasteiger partial charge < -0.3 is 10.2 Å². The Morgan fingerprint density at radius 3 is 1.88 bits per heavy atom. The Hall–Kier alpha value is -0.610. The third-order valence-electron chi connectivity index (χ3n) is 3.50. The number of aliphatic hydroxyl groups is 1. The zero-order valence-corrected chi connectivity index (χ0v) is 11.1. The lowest BCUT2D eigenvalue weighted by Gasteiger charge is -2.39. The molecule has 0 aliphatic rings. The van der Waals surface area contributed by atoms with Gasteiger partial charge in [0.2, 0.25) is 0 Å². The zero-order valence-electron chi connectivity index (χ0n) is 11.1. The van der Waals surface area contributed by atoms with Gasteiger partial charge in [-0.3, -0.25) is 9.69 Å². The summed E-state index contributed by atoms with van der Waals surface area (Å²) in [4.78, 5) is 13.0. The highest BCUT2D eigenvalue weighted by molar-refractivity contribution is 5.77. The molecule has 0 aromatic heterocycles. The van der Waals surface area contributed by atoms with Crippen LogP contribution < -0.4 is 0 Å². The molecule has 0 aliphatic heterocycles. The van der Waals surface area contributed by atoms with E-state index in [-0.39, 0.29) is 0 Å². The van der Waals surface area contributed by atoms with E-state index in [4.69, 9.17) is 5.11 Å². The van der Waals surface area contributed by atoms with E-state index in [1.165, 1.54) is 0 Å². The fourth-order valence-corrected chi connectivity index (χ4v) is 1.67. The molecule has 0 unspecified atom stereocenters. The van der Waals surface area contributed by atoms with Gasteiger partial charge in [-0.15, -0.1) is 0 Å². The average molecular weight is 231 g/mol. The van der Waals surface area contributed by atoms with Gasteiger partial charge in [0.15, 0.2) is 0 Å². The van der Waals surface area contributed by atoms with Gasteiger partial charge >= 0.3 is 5.97 Å². The average Bonchev–Trinajstić information content (AvgIpc) is 2.25. The zero-order chi connectivity index (χ0) is 13.0. The molecule has 0 aromatic rings. The summed E-state index contributed by atoms with van der Waals surface area (Å²) in [6, 6.07) is 0. The van der Waals surface area contributed by atoms with Crippen LogP contribution >= 0.6 is 0 Å². The molecule has 0 radical (unpaired) electrons. The van der Waals surface area contributed by atoms with Gasteiger partial charge in [0.1, 0.15) is 5.54 Å². The Kier molecular flexibility index (Phi) is 5.42. The number of β-amino-alcohol motifs (C(OH)–C–C–N with tert-alkyl or cyclic N) is 1. The van der Waals surface area contributed by atoms with Gasteiger partial charge in [0, 0.05) is 6.54 Å². The van der Waals surface area contributed by atoms with E-state index < -0.39 is 17.1 Å². The molecule has 0 aliphatic carbocycles. The number of carboxylic acids is 1. The second-order valence-electron chi connectivity index (χ2n) is 4.81. The van der Waals surface area contributed by atoms with Gasteiger partial charge in [-0.05, 0) is 33.2 Å². The lowest BCUT2D eigenvalue weighted by molar-refractivity contribution is -0.151. The predicted octanol–water partition coefficient (Wildman–Crippen LogP) is 1.72. The highest BCUT2D eigenvalue weighted by Crippen LogP contribution is 2.22. The van der Waals surface area contributed by atoms with E-state index >= 15 is 0 Å². The number of hydrogen-bond donors (Lipinski definition) is 2. The van der Waals surface area contributed by atoms with Crippen molar-refractivity contribution in [1.82, 2.24) is 4.90 Å². The van der Waals surface area contributed by atoms with Crippen LogP contribution in [0.4, 0.5) is 0 Å². The highest BCUT2D eigenvalue weighted by atomic mass is 16.4. The molecule has 0 saturated heterocycles. The first-order valence-corrected chi connectivity index (χ1v) is 5.94. The summed E-state index contributed by atoms with van der Waals surface area (Å²) in [5.74, 6) is -0.857. The molecule has 4 heteroatoms. The molecule has 0 spiro atoms. The maximum absolute atomic E-state index is 11.2. The van der Waals surface area contributed by atoms with Gasteiger partial charge in [-0.1, -0.05) is 20.8 Å². The first-order valence-electron chi connectivity index (χ1n) is 5.94. The molecule has 0 fully saturated rings. The summed E-state index contributed by atoms with van der Waals surface area (Å²) in [6.07, 6.45) is 1.27. The number of rotatable bonds is 7. The Bertz CT molecular complexity index is 234. The molecule has 0 saturated carbocycles. The molecule has 0 rings (SSSR count). The minimum absolute atomic E-state index is 0.399. The minimum atomic E-state index is -0.937. The number of nitrogens with zero attached hydrogens (tertiary/aromatic N) is 1. The number of carboxylic acid groups (broad SMARTS) is 1. The number of aliphatic carboxylic acids is 1. The Morgan fingerprint density at radius 2 is 1.62 bits per heavy atom. The number of hydrogen-bond acceptors (Lipinski definition) is 3. The summed E-state index contributed by atoms with van der Waals surface area (Å²) < 4.78 is 0. The van der Waals surface area contributed by atoms with Crippen molar-refractivity contribution in [3.63, 3.8) is 0 Å². The van der Waals surface area contributed by atoms with Crippen molar-refractivity contribution in [3.05, 3.63) is 0 Å². The predicted molar refractivity (Wildman–Crippen MR) is 64.5 cm³/mol. The van der Waals surface area contributed by atoms with E-state index in [0.717, 1.165) is 0 Å². The molecular weight excluding hydrogens is 206 g/mol. The van der Waals surface area contributed by atoms with E-state index in [0.29, 0.717) is 25.9 Å². The van der Waals surface area contributed by atoms with Crippen LogP contribution in [0.15, 0.2) is 0 Å². The van der Waals surface area contributed by atoms with E-state index in [1.54, 1.807) is 13.8 Å². The maximum Gasteiger partial charge on any atom is 0.323 e. The second-order valence-corrected chi connectivity index (χ2v) is 4.81. The Balaban J connectivity index is 4.83. The quantitative estimate of drug-likeness (QED) is 0.700. The fraction of sp³-hybridized carbons (Fsp3) is 0.917. The second kappa shape index (κ2) is 5.64. The number of likely N-dealkylation sites (N-methyl/N-ethyl adjacent to an activating group) is 1. The monoisotopic (exact) mass is 231 g/mol. The molecule has 0 amide bonds. The SMILES string of the molecule is CCN(CC(O)(CC)CC)C(C)(C)C(=O)O. The van der Waals surface area contributed by atoms with Crippen molar-refractivity contribution in [2.75, 3.05) is 13.1 Å². The van der Waals surface area contributed by atoms with Gasteiger partial charge in [0.25, 0.3) is 0 Å². The molecule has 0 aromatic carbocycles. The van der Waals surface area contributed by atoms with Crippen LogP contribution in [0.5, 0.6) is 0 Å². The lowest BCUT2D eigenvalue weighted by Crippen LogP contribution is -2.55. The largest absolute Gasteiger partial charge is 0.480 e. The molecular formula is C12H25NO3. The number of carbonyl (C=O) groups is 1. The van der Waals surface area contributed by atoms with Crippen molar-refractivity contribution in [3.8, 4) is 0 Å². The normalized spacial score (nSPS) is 13.2. The molecule has 0 heterocycles.